The molecule has 0 spiro atoms. The highest BCUT2D eigenvalue weighted by molar-refractivity contribution is 6.08. The lowest BCUT2D eigenvalue weighted by Crippen LogP contribution is -1.99. The number of hydrogen-bond donors (Lipinski definition) is 2. The zero-order chi connectivity index (χ0) is 18.1. The second kappa shape index (κ2) is 6.70. The molecule has 0 amide bonds. The molecule has 0 saturated heterocycles. The van der Waals surface area contributed by atoms with Gasteiger partial charge in [0.05, 0.1) is 6.61 Å². The van der Waals surface area contributed by atoms with E-state index in [2.05, 4.69) is 53.1 Å². The van der Waals surface area contributed by atoms with E-state index in [-0.39, 0.29) is 12.4 Å². The molecule has 3 heteroatoms. The normalized spacial score (nSPS) is 12.2. The van der Waals surface area contributed by atoms with Crippen LogP contribution in [-0.4, -0.2) is 21.4 Å². The molecule has 0 atom stereocenters. The maximum Gasteiger partial charge on any atom is 0.115 e. The second-order valence-electron chi connectivity index (χ2n) is 6.62. The molecule has 1 aromatic heterocycles. The molecule has 3 nitrogen and oxygen atoms in total. The van der Waals surface area contributed by atoms with E-state index in [1.165, 1.54) is 16.2 Å². The minimum absolute atomic E-state index is 0.0661. The summed E-state index contributed by atoms with van der Waals surface area (Å²) in [5.74, 6) is 0.262. The number of aromatic hydroxyl groups is 1. The van der Waals surface area contributed by atoms with Crippen molar-refractivity contribution in [1.82, 2.24) is 4.57 Å². The molecule has 4 aromatic rings. The van der Waals surface area contributed by atoms with Gasteiger partial charge in [0.1, 0.15) is 5.75 Å². The lowest BCUT2D eigenvalue weighted by atomic mass is 10.1. The zero-order valence-corrected chi connectivity index (χ0v) is 14.7. The maximum atomic E-state index is 9.62. The number of phenols is 1. The SMILES string of the molecule is C/C(=C\Cn1c(-c2ccc(O)cc2)cc2c3ccccc3ccc21)CO. The van der Waals surface area contributed by atoms with Crippen LogP contribution < -0.4 is 0 Å². The molecule has 0 aliphatic heterocycles. The van der Waals surface area contributed by atoms with E-state index in [0.29, 0.717) is 6.54 Å². The number of aromatic nitrogens is 1. The maximum absolute atomic E-state index is 9.62. The van der Waals surface area contributed by atoms with Crippen molar-refractivity contribution in [2.45, 2.75) is 13.5 Å². The van der Waals surface area contributed by atoms with Gasteiger partial charge < -0.3 is 14.8 Å². The molecule has 0 aliphatic rings. The Morgan fingerprint density at radius 1 is 0.962 bits per heavy atom. The molecule has 0 radical (unpaired) electrons. The molecular formula is C23H21NO2. The number of benzene rings is 3. The summed E-state index contributed by atoms with van der Waals surface area (Å²) in [4.78, 5) is 0. The number of aliphatic hydroxyl groups excluding tert-OH is 1. The van der Waals surface area contributed by atoms with E-state index < -0.39 is 0 Å². The Hall–Kier alpha value is -3.04. The number of phenolic OH excluding ortho intramolecular Hbond substituents is 1. The van der Waals surface area contributed by atoms with Crippen LogP contribution in [0.5, 0.6) is 5.75 Å². The van der Waals surface area contributed by atoms with Gasteiger partial charge in [-0.2, -0.15) is 0 Å². The van der Waals surface area contributed by atoms with E-state index in [9.17, 15) is 10.2 Å². The van der Waals surface area contributed by atoms with Gasteiger partial charge in [-0.05, 0) is 59.7 Å². The molecule has 26 heavy (non-hydrogen) atoms. The second-order valence-corrected chi connectivity index (χ2v) is 6.62. The minimum Gasteiger partial charge on any atom is -0.508 e. The minimum atomic E-state index is 0.0661. The van der Waals surface area contributed by atoms with Crippen molar-refractivity contribution >= 4 is 21.7 Å². The number of fused-ring (bicyclic) bond motifs is 3. The Bertz CT molecular complexity index is 1100. The molecule has 0 bridgehead atoms. The van der Waals surface area contributed by atoms with Crippen LogP contribution in [0.25, 0.3) is 32.9 Å². The molecule has 0 saturated carbocycles. The summed E-state index contributed by atoms with van der Waals surface area (Å²) in [6, 6.07) is 22.2. The summed E-state index contributed by atoms with van der Waals surface area (Å²) in [6.07, 6.45) is 2.05. The van der Waals surface area contributed by atoms with Crippen molar-refractivity contribution in [3.8, 4) is 17.0 Å². The Labute approximate surface area is 152 Å². The van der Waals surface area contributed by atoms with Gasteiger partial charge >= 0.3 is 0 Å². The van der Waals surface area contributed by atoms with E-state index in [4.69, 9.17) is 0 Å². The highest BCUT2D eigenvalue weighted by atomic mass is 16.3. The summed E-state index contributed by atoms with van der Waals surface area (Å²) < 4.78 is 2.26. The fraction of sp³-hybridized carbons (Fsp3) is 0.130. The van der Waals surface area contributed by atoms with Gasteiger partial charge in [-0.15, -0.1) is 0 Å². The summed E-state index contributed by atoms with van der Waals surface area (Å²) in [6.45, 7) is 2.68. The van der Waals surface area contributed by atoms with Crippen LogP contribution >= 0.6 is 0 Å². The fourth-order valence-electron chi connectivity index (χ4n) is 3.40. The first-order valence-corrected chi connectivity index (χ1v) is 8.74. The third-order valence-electron chi connectivity index (χ3n) is 4.85. The highest BCUT2D eigenvalue weighted by Gasteiger charge is 2.12. The molecule has 0 aliphatic carbocycles. The smallest absolute Gasteiger partial charge is 0.115 e. The summed E-state index contributed by atoms with van der Waals surface area (Å²) in [5.41, 5.74) is 4.26. The number of rotatable bonds is 4. The van der Waals surface area contributed by atoms with Gasteiger partial charge in [-0.3, -0.25) is 0 Å². The first-order chi connectivity index (χ1) is 12.7. The molecule has 1 heterocycles. The van der Waals surface area contributed by atoms with E-state index >= 15 is 0 Å². The average Bonchev–Trinajstić information content (AvgIpc) is 3.05. The Balaban J connectivity index is 1.98. The largest absolute Gasteiger partial charge is 0.508 e. The quantitative estimate of drug-likeness (QED) is 0.506. The third-order valence-corrected chi connectivity index (χ3v) is 4.85. The van der Waals surface area contributed by atoms with Crippen molar-refractivity contribution in [1.29, 1.82) is 0 Å². The van der Waals surface area contributed by atoms with Gasteiger partial charge in [-0.25, -0.2) is 0 Å². The van der Waals surface area contributed by atoms with Gasteiger partial charge in [0.2, 0.25) is 0 Å². The summed E-state index contributed by atoms with van der Waals surface area (Å²) >= 11 is 0. The molecular weight excluding hydrogens is 322 g/mol. The average molecular weight is 343 g/mol. The third kappa shape index (κ3) is 2.87. The monoisotopic (exact) mass is 343 g/mol. The highest BCUT2D eigenvalue weighted by Crippen LogP contribution is 2.33. The Morgan fingerprint density at radius 2 is 1.73 bits per heavy atom. The van der Waals surface area contributed by atoms with Crippen LogP contribution in [0.2, 0.25) is 0 Å². The fourth-order valence-corrected chi connectivity index (χ4v) is 3.40. The number of hydrogen-bond acceptors (Lipinski definition) is 2. The van der Waals surface area contributed by atoms with E-state index in [0.717, 1.165) is 22.3 Å². The summed E-state index contributed by atoms with van der Waals surface area (Å²) in [7, 11) is 0. The van der Waals surface area contributed by atoms with E-state index in [1.807, 2.05) is 19.1 Å². The van der Waals surface area contributed by atoms with Crippen LogP contribution in [0.4, 0.5) is 0 Å². The van der Waals surface area contributed by atoms with Gasteiger partial charge in [0.25, 0.3) is 0 Å². The zero-order valence-electron chi connectivity index (χ0n) is 14.7. The van der Waals surface area contributed by atoms with Crippen LogP contribution in [-0.2, 0) is 6.54 Å². The summed E-state index contributed by atoms with van der Waals surface area (Å²) in [5, 5.41) is 22.6. The molecule has 2 N–H and O–H groups in total. The van der Waals surface area contributed by atoms with Crippen molar-refractivity contribution < 1.29 is 10.2 Å². The van der Waals surface area contributed by atoms with Gasteiger partial charge in [0.15, 0.2) is 0 Å². The van der Waals surface area contributed by atoms with E-state index in [1.54, 1.807) is 12.1 Å². The first kappa shape index (κ1) is 16.4. The lowest BCUT2D eigenvalue weighted by Gasteiger charge is -2.10. The standard InChI is InChI=1S/C23H21NO2/c1-16(15-25)12-13-24-22-11-8-17-4-2-3-5-20(17)21(22)14-23(24)18-6-9-19(26)10-7-18/h2-12,14,25-26H,13,15H2,1H3/b16-12+. The number of nitrogens with zero attached hydrogens (tertiary/aromatic N) is 1. The lowest BCUT2D eigenvalue weighted by molar-refractivity contribution is 0.331. The Morgan fingerprint density at radius 3 is 2.50 bits per heavy atom. The van der Waals surface area contributed by atoms with Crippen LogP contribution in [0.15, 0.2) is 78.4 Å². The first-order valence-electron chi connectivity index (χ1n) is 8.74. The van der Waals surface area contributed by atoms with Crippen LogP contribution in [0.3, 0.4) is 0 Å². The van der Waals surface area contributed by atoms with Gasteiger partial charge in [0, 0.05) is 23.1 Å². The molecule has 0 fully saturated rings. The predicted molar refractivity (Wildman–Crippen MR) is 107 cm³/mol. The molecule has 4 rings (SSSR count). The van der Waals surface area contributed by atoms with Crippen molar-refractivity contribution in [2.24, 2.45) is 0 Å². The van der Waals surface area contributed by atoms with Crippen LogP contribution in [0.1, 0.15) is 6.92 Å². The van der Waals surface area contributed by atoms with Crippen molar-refractivity contribution in [3.05, 3.63) is 78.4 Å². The van der Waals surface area contributed by atoms with Crippen LogP contribution in [0, 0.1) is 0 Å². The molecule has 130 valence electrons. The van der Waals surface area contributed by atoms with Crippen molar-refractivity contribution in [3.63, 3.8) is 0 Å². The number of aliphatic hydroxyl groups is 1. The van der Waals surface area contributed by atoms with Gasteiger partial charge in [-0.1, -0.05) is 42.0 Å². The molecule has 3 aromatic carbocycles. The topological polar surface area (TPSA) is 45.4 Å². The van der Waals surface area contributed by atoms with Crippen molar-refractivity contribution in [2.75, 3.05) is 6.61 Å². The number of allylic oxidation sites excluding steroid dienone is 1. The molecule has 0 unspecified atom stereocenters. The predicted octanol–water partition coefficient (Wildman–Crippen LogP) is 5.11. The Kier molecular flexibility index (Phi) is 4.23.